The lowest BCUT2D eigenvalue weighted by molar-refractivity contribution is -0.148. The minimum absolute atomic E-state index is 0.189. The van der Waals surface area contributed by atoms with Crippen molar-refractivity contribution < 1.29 is 14.6 Å². The van der Waals surface area contributed by atoms with Gasteiger partial charge in [-0.15, -0.1) is 0 Å². The number of hydrogen-bond acceptors (Lipinski definition) is 4. The maximum Gasteiger partial charge on any atom is 0.133 e. The lowest BCUT2D eigenvalue weighted by Crippen LogP contribution is -2.54. The van der Waals surface area contributed by atoms with Gasteiger partial charge in [0.1, 0.15) is 11.2 Å². The molecule has 1 saturated heterocycles. The summed E-state index contributed by atoms with van der Waals surface area (Å²) in [6.45, 7) is 0.965. The molecule has 0 aromatic carbocycles. The van der Waals surface area contributed by atoms with Crippen LogP contribution in [0, 0.1) is 16.7 Å². The number of Topliss-reactive ketones (excluding diaryl/α,β-unsaturated/α-hetero) is 1. The zero-order chi connectivity index (χ0) is 11.6. The van der Waals surface area contributed by atoms with Gasteiger partial charge < -0.3 is 9.84 Å². The number of carbonyl (C=O) groups excluding carboxylic acids is 1. The average Bonchev–Trinajstić information content (AvgIpc) is 2.34. The summed E-state index contributed by atoms with van der Waals surface area (Å²) < 4.78 is 5.35. The lowest BCUT2D eigenvalue weighted by Gasteiger charge is -2.46. The number of nitriles is 1. The molecular formula is C12H17NO3. The van der Waals surface area contributed by atoms with Crippen LogP contribution in [0.3, 0.4) is 0 Å². The molecule has 0 spiro atoms. The maximum absolute atomic E-state index is 11.2. The molecule has 2 fully saturated rings. The van der Waals surface area contributed by atoms with E-state index in [0.717, 1.165) is 6.42 Å². The molecule has 1 atom stereocenters. The maximum atomic E-state index is 11.2. The SMILES string of the molecule is N#CC1(C2(O)CCC(=O)CC2)CCCOC1. The highest BCUT2D eigenvalue weighted by Crippen LogP contribution is 2.46. The van der Waals surface area contributed by atoms with E-state index in [2.05, 4.69) is 6.07 Å². The Kier molecular flexibility index (Phi) is 3.00. The minimum Gasteiger partial charge on any atom is -0.388 e. The van der Waals surface area contributed by atoms with Gasteiger partial charge in [-0.2, -0.15) is 5.26 Å². The van der Waals surface area contributed by atoms with E-state index in [0.29, 0.717) is 45.3 Å². The molecule has 0 aromatic rings. The van der Waals surface area contributed by atoms with E-state index in [9.17, 15) is 15.2 Å². The summed E-state index contributed by atoms with van der Waals surface area (Å²) in [5.41, 5.74) is -1.83. The van der Waals surface area contributed by atoms with Gasteiger partial charge in [-0.25, -0.2) is 0 Å². The Balaban J connectivity index is 2.19. The van der Waals surface area contributed by atoms with E-state index >= 15 is 0 Å². The quantitative estimate of drug-likeness (QED) is 0.724. The molecule has 2 rings (SSSR count). The molecule has 0 amide bonds. The first-order valence-corrected chi connectivity index (χ1v) is 5.85. The fourth-order valence-electron chi connectivity index (χ4n) is 2.77. The number of ketones is 1. The van der Waals surface area contributed by atoms with Crippen molar-refractivity contribution in [1.82, 2.24) is 0 Å². The van der Waals surface area contributed by atoms with Crippen molar-refractivity contribution in [3.63, 3.8) is 0 Å². The van der Waals surface area contributed by atoms with Gasteiger partial charge in [0.2, 0.25) is 0 Å². The van der Waals surface area contributed by atoms with Crippen LogP contribution in [0.25, 0.3) is 0 Å². The number of carbonyl (C=O) groups is 1. The van der Waals surface area contributed by atoms with Gasteiger partial charge >= 0.3 is 0 Å². The monoisotopic (exact) mass is 223 g/mol. The molecule has 1 saturated carbocycles. The second-order valence-corrected chi connectivity index (χ2v) is 4.92. The first-order valence-electron chi connectivity index (χ1n) is 5.85. The Labute approximate surface area is 95.2 Å². The second kappa shape index (κ2) is 4.15. The smallest absolute Gasteiger partial charge is 0.133 e. The van der Waals surface area contributed by atoms with Gasteiger partial charge in [0, 0.05) is 19.4 Å². The number of aliphatic hydroxyl groups is 1. The summed E-state index contributed by atoms with van der Waals surface area (Å²) >= 11 is 0. The number of hydrogen-bond donors (Lipinski definition) is 1. The molecule has 1 heterocycles. The van der Waals surface area contributed by atoms with Crippen molar-refractivity contribution in [2.75, 3.05) is 13.2 Å². The number of nitrogens with zero attached hydrogens (tertiary/aromatic N) is 1. The average molecular weight is 223 g/mol. The van der Waals surface area contributed by atoms with Crippen molar-refractivity contribution in [3.05, 3.63) is 0 Å². The van der Waals surface area contributed by atoms with Crippen LogP contribution >= 0.6 is 0 Å². The number of ether oxygens (including phenoxy) is 1. The Morgan fingerprint density at radius 3 is 2.50 bits per heavy atom. The molecule has 0 radical (unpaired) electrons. The zero-order valence-electron chi connectivity index (χ0n) is 9.37. The van der Waals surface area contributed by atoms with Gasteiger partial charge in [0.05, 0.1) is 18.3 Å². The minimum atomic E-state index is -1.03. The summed E-state index contributed by atoms with van der Waals surface area (Å²) in [6, 6.07) is 2.26. The Morgan fingerprint density at radius 2 is 2.00 bits per heavy atom. The van der Waals surface area contributed by atoms with Crippen LogP contribution in [-0.2, 0) is 9.53 Å². The normalized spacial score (nSPS) is 34.4. The first-order chi connectivity index (χ1) is 7.62. The predicted molar refractivity (Wildman–Crippen MR) is 56.5 cm³/mol. The summed E-state index contributed by atoms with van der Waals surface area (Å²) in [7, 11) is 0. The van der Waals surface area contributed by atoms with Crippen LogP contribution in [0.5, 0.6) is 0 Å². The number of rotatable bonds is 1. The molecule has 4 nitrogen and oxygen atoms in total. The fourth-order valence-corrected chi connectivity index (χ4v) is 2.77. The fraction of sp³-hybridized carbons (Fsp3) is 0.833. The molecule has 1 N–H and O–H groups in total. The highest BCUT2D eigenvalue weighted by Gasteiger charge is 2.53. The van der Waals surface area contributed by atoms with Gasteiger partial charge in [0.15, 0.2) is 0 Å². The Bertz CT molecular complexity index is 316. The van der Waals surface area contributed by atoms with E-state index < -0.39 is 11.0 Å². The first kappa shape index (κ1) is 11.6. The van der Waals surface area contributed by atoms with Crippen LogP contribution in [0.1, 0.15) is 38.5 Å². The van der Waals surface area contributed by atoms with Gasteiger partial charge in [0.25, 0.3) is 0 Å². The highest BCUT2D eigenvalue weighted by atomic mass is 16.5. The van der Waals surface area contributed by atoms with Crippen molar-refractivity contribution in [3.8, 4) is 6.07 Å². The lowest BCUT2D eigenvalue weighted by atomic mass is 9.63. The van der Waals surface area contributed by atoms with Crippen molar-refractivity contribution in [2.24, 2.45) is 5.41 Å². The summed E-state index contributed by atoms with van der Waals surface area (Å²) in [5.74, 6) is 0.189. The molecule has 1 aliphatic heterocycles. The molecule has 2 aliphatic rings. The summed E-state index contributed by atoms with van der Waals surface area (Å²) in [5, 5.41) is 20.0. The molecule has 0 aromatic heterocycles. The predicted octanol–water partition coefficient (Wildman–Crippen LogP) is 1.18. The molecule has 16 heavy (non-hydrogen) atoms. The Hall–Kier alpha value is -0.920. The van der Waals surface area contributed by atoms with Crippen LogP contribution < -0.4 is 0 Å². The van der Waals surface area contributed by atoms with E-state index in [1.165, 1.54) is 0 Å². The molecule has 0 bridgehead atoms. The third-order valence-corrected chi connectivity index (χ3v) is 3.98. The highest BCUT2D eigenvalue weighted by molar-refractivity contribution is 5.79. The summed E-state index contributed by atoms with van der Waals surface area (Å²) in [6.07, 6.45) is 3.07. The van der Waals surface area contributed by atoms with Gasteiger partial charge in [-0.1, -0.05) is 0 Å². The van der Waals surface area contributed by atoms with E-state index in [4.69, 9.17) is 4.74 Å². The summed E-state index contributed by atoms with van der Waals surface area (Å²) in [4.78, 5) is 11.2. The zero-order valence-corrected chi connectivity index (χ0v) is 9.37. The molecular weight excluding hydrogens is 206 g/mol. The molecule has 88 valence electrons. The van der Waals surface area contributed by atoms with Crippen LogP contribution in [-0.4, -0.2) is 29.7 Å². The molecule has 1 unspecified atom stereocenters. The van der Waals surface area contributed by atoms with Crippen molar-refractivity contribution in [2.45, 2.75) is 44.1 Å². The topological polar surface area (TPSA) is 70.3 Å². The van der Waals surface area contributed by atoms with E-state index in [1.54, 1.807) is 0 Å². The van der Waals surface area contributed by atoms with Crippen molar-refractivity contribution >= 4 is 5.78 Å². The van der Waals surface area contributed by atoms with E-state index in [-0.39, 0.29) is 5.78 Å². The third kappa shape index (κ3) is 1.74. The second-order valence-electron chi connectivity index (χ2n) is 4.92. The third-order valence-electron chi connectivity index (χ3n) is 3.98. The Morgan fingerprint density at radius 1 is 1.31 bits per heavy atom. The standard InChI is InChI=1S/C12H17NO3/c13-8-11(4-1-7-16-9-11)12(15)5-2-10(14)3-6-12/h15H,1-7,9H2. The van der Waals surface area contributed by atoms with Gasteiger partial charge in [-0.05, 0) is 25.7 Å². The van der Waals surface area contributed by atoms with Crippen LogP contribution in [0.15, 0.2) is 0 Å². The van der Waals surface area contributed by atoms with Crippen molar-refractivity contribution in [1.29, 1.82) is 5.26 Å². The molecule has 1 aliphatic carbocycles. The largest absolute Gasteiger partial charge is 0.388 e. The van der Waals surface area contributed by atoms with E-state index in [1.807, 2.05) is 0 Å². The van der Waals surface area contributed by atoms with Crippen LogP contribution in [0.4, 0.5) is 0 Å². The molecule has 4 heteroatoms. The van der Waals surface area contributed by atoms with Crippen LogP contribution in [0.2, 0.25) is 0 Å². The van der Waals surface area contributed by atoms with Gasteiger partial charge in [-0.3, -0.25) is 4.79 Å².